The van der Waals surface area contributed by atoms with E-state index in [-0.39, 0.29) is 11.5 Å². The van der Waals surface area contributed by atoms with Gasteiger partial charge in [0, 0.05) is 24.8 Å². The Balaban J connectivity index is 1.90. The number of Topliss-reactive ketones (excluding diaryl/α,β-unsaturated/α-hetero) is 1. The van der Waals surface area contributed by atoms with Crippen molar-refractivity contribution in [3.05, 3.63) is 29.8 Å². The van der Waals surface area contributed by atoms with Crippen LogP contribution in [0.25, 0.3) is 0 Å². The van der Waals surface area contributed by atoms with E-state index in [1.165, 1.54) is 57.8 Å². The maximum Gasteiger partial charge on any atom is 0.162 e. The van der Waals surface area contributed by atoms with Crippen LogP contribution in [0.3, 0.4) is 0 Å². The standard InChI is InChI=1S/C24H36O2/c1-2-3-4-5-6-7-8-9-10-11-12-13-14-15-16-17-24(26)22-18-20-23(25)21-19-22/h18-21,25H,2-8,11-17H2,1H3. The molecule has 0 radical (unpaired) electrons. The number of carbonyl (C=O) groups excluding carboxylic acids is 1. The molecule has 0 saturated heterocycles. The molecule has 1 rings (SSSR count). The number of phenols is 1. The molecule has 2 nitrogen and oxygen atoms in total. The van der Waals surface area contributed by atoms with Gasteiger partial charge in [-0.2, -0.15) is 0 Å². The Bertz CT molecular complexity index is 534. The molecule has 1 aromatic rings. The van der Waals surface area contributed by atoms with Crippen molar-refractivity contribution < 1.29 is 9.90 Å². The van der Waals surface area contributed by atoms with E-state index < -0.39 is 0 Å². The molecule has 144 valence electrons. The molecule has 1 aromatic carbocycles. The molecule has 0 amide bonds. The zero-order valence-electron chi connectivity index (χ0n) is 16.6. The average Bonchev–Trinajstić information content (AvgIpc) is 2.65. The summed E-state index contributed by atoms with van der Waals surface area (Å²) in [6.45, 7) is 2.25. The van der Waals surface area contributed by atoms with Gasteiger partial charge in [0.15, 0.2) is 5.78 Å². The van der Waals surface area contributed by atoms with Crippen LogP contribution in [0.2, 0.25) is 0 Å². The van der Waals surface area contributed by atoms with Gasteiger partial charge in [-0.3, -0.25) is 4.79 Å². The van der Waals surface area contributed by atoms with Gasteiger partial charge in [0.2, 0.25) is 0 Å². The van der Waals surface area contributed by atoms with Gasteiger partial charge in [-0.25, -0.2) is 0 Å². The molecule has 1 N–H and O–H groups in total. The van der Waals surface area contributed by atoms with Gasteiger partial charge in [0.25, 0.3) is 0 Å². The molecule has 0 bridgehead atoms. The third kappa shape index (κ3) is 11.7. The minimum atomic E-state index is 0.172. The predicted molar refractivity (Wildman–Crippen MR) is 111 cm³/mol. The minimum absolute atomic E-state index is 0.172. The number of benzene rings is 1. The van der Waals surface area contributed by atoms with Gasteiger partial charge < -0.3 is 5.11 Å². The molecule has 2 heteroatoms. The van der Waals surface area contributed by atoms with Crippen LogP contribution < -0.4 is 0 Å². The van der Waals surface area contributed by atoms with E-state index >= 15 is 0 Å². The molecule has 0 heterocycles. The first-order valence-corrected chi connectivity index (χ1v) is 10.5. The Morgan fingerprint density at radius 2 is 1.27 bits per heavy atom. The summed E-state index contributed by atoms with van der Waals surface area (Å²) in [5, 5.41) is 9.23. The monoisotopic (exact) mass is 356 g/mol. The first kappa shape index (κ1) is 22.3. The molecule has 0 aromatic heterocycles. The van der Waals surface area contributed by atoms with Crippen molar-refractivity contribution >= 4 is 5.78 Å². The molecule has 0 aliphatic rings. The van der Waals surface area contributed by atoms with Gasteiger partial charge in [-0.1, -0.05) is 58.3 Å². The highest BCUT2D eigenvalue weighted by molar-refractivity contribution is 5.96. The summed E-state index contributed by atoms with van der Waals surface area (Å²) in [6, 6.07) is 6.53. The largest absolute Gasteiger partial charge is 0.508 e. The molecule has 0 fully saturated rings. The van der Waals surface area contributed by atoms with Crippen molar-refractivity contribution in [2.45, 2.75) is 96.8 Å². The molecule has 0 atom stereocenters. The number of phenolic OH excluding ortho intramolecular Hbond substituents is 1. The van der Waals surface area contributed by atoms with Crippen LogP contribution in [-0.2, 0) is 0 Å². The van der Waals surface area contributed by atoms with Crippen molar-refractivity contribution in [2.24, 2.45) is 0 Å². The fourth-order valence-electron chi connectivity index (χ4n) is 2.99. The first-order valence-electron chi connectivity index (χ1n) is 10.5. The highest BCUT2D eigenvalue weighted by Gasteiger charge is 2.05. The average molecular weight is 357 g/mol. The maximum absolute atomic E-state index is 12.0. The fourth-order valence-corrected chi connectivity index (χ4v) is 2.99. The Morgan fingerprint density at radius 3 is 1.85 bits per heavy atom. The molecular formula is C24H36O2. The number of carbonyl (C=O) groups is 1. The number of hydrogen-bond donors (Lipinski definition) is 1. The predicted octanol–water partition coefficient (Wildman–Crippen LogP) is 7.06. The van der Waals surface area contributed by atoms with Crippen LogP contribution in [0.4, 0.5) is 0 Å². The van der Waals surface area contributed by atoms with E-state index in [1.807, 2.05) is 0 Å². The highest BCUT2D eigenvalue weighted by Crippen LogP contribution is 2.14. The quantitative estimate of drug-likeness (QED) is 0.220. The van der Waals surface area contributed by atoms with Crippen LogP contribution in [0.1, 0.15) is 107 Å². The van der Waals surface area contributed by atoms with Crippen molar-refractivity contribution in [2.75, 3.05) is 0 Å². The van der Waals surface area contributed by atoms with Gasteiger partial charge in [-0.05, 0) is 43.5 Å². The first-order chi connectivity index (χ1) is 12.7. The van der Waals surface area contributed by atoms with Crippen LogP contribution in [0.5, 0.6) is 5.75 Å². The van der Waals surface area contributed by atoms with Crippen LogP contribution in [-0.4, -0.2) is 10.9 Å². The summed E-state index contributed by atoms with van der Waals surface area (Å²) in [5.41, 5.74) is 0.698. The number of rotatable bonds is 14. The van der Waals surface area contributed by atoms with E-state index in [0.717, 1.165) is 25.7 Å². The van der Waals surface area contributed by atoms with E-state index in [9.17, 15) is 9.90 Å². The lowest BCUT2D eigenvalue weighted by molar-refractivity contribution is 0.0979. The van der Waals surface area contributed by atoms with Gasteiger partial charge in [-0.15, -0.1) is 11.8 Å². The minimum Gasteiger partial charge on any atom is -0.508 e. The number of aromatic hydroxyl groups is 1. The normalized spacial score (nSPS) is 10.3. The topological polar surface area (TPSA) is 37.3 Å². The highest BCUT2D eigenvalue weighted by atomic mass is 16.3. The fraction of sp³-hybridized carbons (Fsp3) is 0.625. The third-order valence-corrected chi connectivity index (χ3v) is 4.68. The summed E-state index contributed by atoms with van der Waals surface area (Å²) in [7, 11) is 0. The molecule has 0 aliphatic carbocycles. The number of unbranched alkanes of at least 4 members (excludes halogenated alkanes) is 11. The Labute approximate surface area is 160 Å². The second-order valence-corrected chi connectivity index (χ2v) is 7.11. The van der Waals surface area contributed by atoms with Crippen molar-refractivity contribution in [1.82, 2.24) is 0 Å². The third-order valence-electron chi connectivity index (χ3n) is 4.68. The molecule has 0 aliphatic heterocycles. The van der Waals surface area contributed by atoms with Crippen LogP contribution in [0, 0.1) is 11.8 Å². The Hall–Kier alpha value is -1.75. The second-order valence-electron chi connectivity index (χ2n) is 7.11. The zero-order chi connectivity index (χ0) is 18.9. The molecule has 26 heavy (non-hydrogen) atoms. The van der Waals surface area contributed by atoms with Crippen LogP contribution >= 0.6 is 0 Å². The Morgan fingerprint density at radius 1 is 0.769 bits per heavy atom. The Kier molecular flexibility index (Phi) is 13.3. The molecule has 0 saturated carbocycles. The number of hydrogen-bond acceptors (Lipinski definition) is 2. The lowest BCUT2D eigenvalue weighted by Gasteiger charge is -2.02. The van der Waals surface area contributed by atoms with E-state index in [1.54, 1.807) is 24.3 Å². The van der Waals surface area contributed by atoms with E-state index in [2.05, 4.69) is 18.8 Å². The van der Waals surface area contributed by atoms with Crippen molar-refractivity contribution in [3.8, 4) is 17.6 Å². The second kappa shape index (κ2) is 15.5. The number of ketones is 1. The molecule has 0 spiro atoms. The lowest BCUT2D eigenvalue weighted by atomic mass is 10.0. The van der Waals surface area contributed by atoms with Crippen LogP contribution in [0.15, 0.2) is 24.3 Å². The molecular weight excluding hydrogens is 320 g/mol. The summed E-state index contributed by atoms with van der Waals surface area (Å²) < 4.78 is 0. The lowest BCUT2D eigenvalue weighted by Crippen LogP contribution is -1.98. The summed E-state index contributed by atoms with van der Waals surface area (Å²) in [6.07, 6.45) is 16.3. The van der Waals surface area contributed by atoms with Gasteiger partial charge in [0.1, 0.15) is 5.75 Å². The SMILES string of the molecule is CCCCCCCCC#CCCCCCCCC(=O)c1ccc(O)cc1. The maximum atomic E-state index is 12.0. The van der Waals surface area contributed by atoms with E-state index in [4.69, 9.17) is 0 Å². The molecule has 0 unspecified atom stereocenters. The van der Waals surface area contributed by atoms with Crippen molar-refractivity contribution in [1.29, 1.82) is 0 Å². The summed E-state index contributed by atoms with van der Waals surface area (Å²) in [4.78, 5) is 12.0. The summed E-state index contributed by atoms with van der Waals surface area (Å²) >= 11 is 0. The zero-order valence-corrected chi connectivity index (χ0v) is 16.6. The van der Waals surface area contributed by atoms with Crippen molar-refractivity contribution in [3.63, 3.8) is 0 Å². The summed E-state index contributed by atoms with van der Waals surface area (Å²) in [5.74, 6) is 6.98. The van der Waals surface area contributed by atoms with Gasteiger partial charge in [0.05, 0.1) is 0 Å². The van der Waals surface area contributed by atoms with Gasteiger partial charge >= 0.3 is 0 Å². The van der Waals surface area contributed by atoms with E-state index in [0.29, 0.717) is 12.0 Å². The smallest absolute Gasteiger partial charge is 0.162 e.